The molecule has 8 heteroatoms. The second-order valence-electron chi connectivity index (χ2n) is 8.92. The number of urea groups is 1. The van der Waals surface area contributed by atoms with E-state index in [-0.39, 0.29) is 12.5 Å². The van der Waals surface area contributed by atoms with Crippen LogP contribution in [0.15, 0.2) is 48.5 Å². The molecule has 170 valence electrons. The van der Waals surface area contributed by atoms with Gasteiger partial charge in [0.2, 0.25) is 11.8 Å². The van der Waals surface area contributed by atoms with Crippen LogP contribution in [0.1, 0.15) is 31.0 Å². The molecule has 3 saturated heterocycles. The summed E-state index contributed by atoms with van der Waals surface area (Å²) in [6, 6.07) is 12.9. The van der Waals surface area contributed by atoms with Gasteiger partial charge in [-0.2, -0.15) is 0 Å². The number of ether oxygens (including phenoxy) is 1. The molecule has 5 rings (SSSR count). The Hall–Kier alpha value is -3.68. The molecule has 0 bridgehead atoms. The summed E-state index contributed by atoms with van der Waals surface area (Å²) in [4.78, 5) is 58.1. The molecule has 0 N–H and O–H groups in total. The van der Waals surface area contributed by atoms with Crippen molar-refractivity contribution in [2.24, 2.45) is 11.8 Å². The lowest BCUT2D eigenvalue weighted by atomic mass is 9.79. The van der Waals surface area contributed by atoms with Crippen molar-refractivity contribution in [3.05, 3.63) is 59.7 Å². The smallest absolute Gasteiger partial charge is 0.332 e. The van der Waals surface area contributed by atoms with Gasteiger partial charge in [0.15, 0.2) is 0 Å². The standard InChI is InChI=1S/C25H25N3O5/c1-5-26-21(29)18-19(22(26)30)25(3)23(31)27(16-10-12-17(33-4)13-11-16)24(32)28(25)20(18)15-8-6-14(2)7-9-15/h6-13,18-20H,5H2,1-4H3/t18-,19-,20-,25-/m1/s1. The summed E-state index contributed by atoms with van der Waals surface area (Å²) in [5, 5.41) is 0. The summed E-state index contributed by atoms with van der Waals surface area (Å²) in [7, 11) is 1.53. The number of aryl methyl sites for hydroxylation is 1. The summed E-state index contributed by atoms with van der Waals surface area (Å²) >= 11 is 0. The van der Waals surface area contributed by atoms with Crippen molar-refractivity contribution < 1.29 is 23.9 Å². The van der Waals surface area contributed by atoms with Gasteiger partial charge in [0, 0.05) is 6.54 Å². The lowest BCUT2D eigenvalue weighted by Crippen LogP contribution is -2.51. The van der Waals surface area contributed by atoms with Crippen molar-refractivity contribution in [2.75, 3.05) is 18.6 Å². The van der Waals surface area contributed by atoms with Crippen LogP contribution in [0, 0.1) is 18.8 Å². The average Bonchev–Trinajstić information content (AvgIpc) is 3.31. The van der Waals surface area contributed by atoms with Crippen LogP contribution in [0.5, 0.6) is 5.75 Å². The van der Waals surface area contributed by atoms with Gasteiger partial charge in [-0.3, -0.25) is 19.3 Å². The number of imide groups is 2. The van der Waals surface area contributed by atoms with Crippen LogP contribution in [-0.2, 0) is 14.4 Å². The molecule has 4 atom stereocenters. The number of amides is 5. The molecule has 0 unspecified atom stereocenters. The fourth-order valence-corrected chi connectivity index (χ4v) is 5.62. The van der Waals surface area contributed by atoms with Crippen molar-refractivity contribution in [3.63, 3.8) is 0 Å². The highest BCUT2D eigenvalue weighted by Gasteiger charge is 2.75. The number of likely N-dealkylation sites (tertiary alicyclic amines) is 1. The van der Waals surface area contributed by atoms with E-state index in [1.54, 1.807) is 38.1 Å². The number of methoxy groups -OCH3 is 1. The predicted molar refractivity (Wildman–Crippen MR) is 119 cm³/mol. The lowest BCUT2D eigenvalue weighted by molar-refractivity contribution is -0.143. The van der Waals surface area contributed by atoms with E-state index in [9.17, 15) is 19.2 Å². The number of hydrogen-bond donors (Lipinski definition) is 0. The van der Waals surface area contributed by atoms with Crippen molar-refractivity contribution in [3.8, 4) is 5.75 Å². The van der Waals surface area contributed by atoms with Crippen molar-refractivity contribution >= 4 is 29.4 Å². The zero-order chi connectivity index (χ0) is 23.7. The number of hydrogen-bond acceptors (Lipinski definition) is 5. The molecule has 3 aliphatic heterocycles. The van der Waals surface area contributed by atoms with Crippen LogP contribution in [0.4, 0.5) is 10.5 Å². The van der Waals surface area contributed by atoms with Gasteiger partial charge < -0.3 is 9.64 Å². The molecule has 2 aromatic carbocycles. The van der Waals surface area contributed by atoms with Gasteiger partial charge in [-0.25, -0.2) is 9.69 Å². The first-order valence-electron chi connectivity index (χ1n) is 11.0. The number of nitrogens with zero attached hydrogens (tertiary/aromatic N) is 3. The molecule has 0 aromatic heterocycles. The summed E-state index contributed by atoms with van der Waals surface area (Å²) in [5.41, 5.74) is 0.693. The fraction of sp³-hybridized carbons (Fsp3) is 0.360. The summed E-state index contributed by atoms with van der Waals surface area (Å²) in [6.07, 6.45) is 0. The van der Waals surface area contributed by atoms with E-state index in [1.165, 1.54) is 16.9 Å². The maximum atomic E-state index is 13.8. The zero-order valence-corrected chi connectivity index (χ0v) is 18.9. The number of fused-ring (bicyclic) bond motifs is 3. The minimum Gasteiger partial charge on any atom is -0.497 e. The third-order valence-corrected chi connectivity index (χ3v) is 7.27. The molecular weight excluding hydrogens is 422 g/mol. The van der Waals surface area contributed by atoms with E-state index < -0.39 is 41.3 Å². The van der Waals surface area contributed by atoms with Gasteiger partial charge in [-0.1, -0.05) is 29.8 Å². The highest BCUT2D eigenvalue weighted by atomic mass is 16.5. The Morgan fingerprint density at radius 3 is 2.15 bits per heavy atom. The third-order valence-electron chi connectivity index (χ3n) is 7.27. The Morgan fingerprint density at radius 1 is 0.939 bits per heavy atom. The number of carbonyl (C=O) groups excluding carboxylic acids is 4. The highest BCUT2D eigenvalue weighted by molar-refractivity contribution is 6.26. The Morgan fingerprint density at radius 2 is 1.58 bits per heavy atom. The van der Waals surface area contributed by atoms with Crippen LogP contribution in [-0.4, -0.2) is 52.7 Å². The lowest BCUT2D eigenvalue weighted by Gasteiger charge is -2.32. The number of rotatable bonds is 4. The topological polar surface area (TPSA) is 87.2 Å². The monoisotopic (exact) mass is 447 g/mol. The average molecular weight is 447 g/mol. The van der Waals surface area contributed by atoms with Crippen molar-refractivity contribution in [2.45, 2.75) is 32.4 Å². The van der Waals surface area contributed by atoms with Gasteiger partial charge in [0.1, 0.15) is 11.3 Å². The molecule has 0 radical (unpaired) electrons. The molecular formula is C25H25N3O5. The van der Waals surface area contributed by atoms with Crippen LogP contribution >= 0.6 is 0 Å². The number of benzene rings is 2. The first kappa shape index (κ1) is 21.2. The van der Waals surface area contributed by atoms with Gasteiger partial charge in [-0.05, 0) is 50.6 Å². The van der Waals surface area contributed by atoms with E-state index in [4.69, 9.17) is 4.74 Å². The highest BCUT2D eigenvalue weighted by Crippen LogP contribution is 2.58. The first-order valence-corrected chi connectivity index (χ1v) is 11.0. The Kier molecular flexibility index (Phi) is 4.60. The number of carbonyl (C=O) groups is 4. The maximum absolute atomic E-state index is 13.8. The van der Waals surface area contributed by atoms with Crippen LogP contribution in [0.2, 0.25) is 0 Å². The summed E-state index contributed by atoms with van der Waals surface area (Å²) in [6.45, 7) is 5.53. The normalized spacial score (nSPS) is 28.6. The van der Waals surface area contributed by atoms with Crippen molar-refractivity contribution in [1.82, 2.24) is 9.80 Å². The molecule has 3 aliphatic rings. The molecule has 0 spiro atoms. The Balaban J connectivity index is 1.67. The zero-order valence-electron chi connectivity index (χ0n) is 18.9. The fourth-order valence-electron chi connectivity index (χ4n) is 5.62. The SMILES string of the molecule is CCN1C(=O)[C@H]2[C@@H](c3ccc(C)cc3)N3C(=O)N(c4ccc(OC)cc4)C(=O)[C@@]3(C)[C@H]2C1=O. The molecule has 3 heterocycles. The number of anilines is 1. The molecule has 2 aromatic rings. The Bertz CT molecular complexity index is 1180. The minimum atomic E-state index is -1.46. The van der Waals surface area contributed by atoms with Crippen LogP contribution in [0.25, 0.3) is 0 Å². The summed E-state index contributed by atoms with van der Waals surface area (Å²) < 4.78 is 5.18. The molecule has 0 aliphatic carbocycles. The predicted octanol–water partition coefficient (Wildman–Crippen LogP) is 2.91. The summed E-state index contributed by atoms with van der Waals surface area (Å²) in [5.74, 6) is -2.36. The van der Waals surface area contributed by atoms with E-state index in [0.29, 0.717) is 11.4 Å². The second kappa shape index (κ2) is 7.16. The van der Waals surface area contributed by atoms with Gasteiger partial charge >= 0.3 is 6.03 Å². The molecule has 5 amide bonds. The van der Waals surface area contributed by atoms with Gasteiger partial charge in [-0.15, -0.1) is 0 Å². The maximum Gasteiger partial charge on any atom is 0.332 e. The molecule has 33 heavy (non-hydrogen) atoms. The second-order valence-corrected chi connectivity index (χ2v) is 8.92. The largest absolute Gasteiger partial charge is 0.497 e. The van der Waals surface area contributed by atoms with E-state index in [0.717, 1.165) is 16.0 Å². The van der Waals surface area contributed by atoms with E-state index in [2.05, 4.69) is 0 Å². The molecule has 3 fully saturated rings. The molecule has 8 nitrogen and oxygen atoms in total. The van der Waals surface area contributed by atoms with E-state index in [1.807, 2.05) is 31.2 Å². The third kappa shape index (κ3) is 2.63. The van der Waals surface area contributed by atoms with Gasteiger partial charge in [0.05, 0.1) is 30.7 Å². The molecule has 0 saturated carbocycles. The van der Waals surface area contributed by atoms with Crippen LogP contribution < -0.4 is 9.64 Å². The Labute approximate surface area is 191 Å². The minimum absolute atomic E-state index is 0.228. The van der Waals surface area contributed by atoms with E-state index >= 15 is 0 Å². The van der Waals surface area contributed by atoms with Crippen LogP contribution in [0.3, 0.4) is 0 Å². The first-order chi connectivity index (χ1) is 15.7. The van der Waals surface area contributed by atoms with Crippen molar-refractivity contribution in [1.29, 1.82) is 0 Å². The quantitative estimate of drug-likeness (QED) is 0.531. The van der Waals surface area contributed by atoms with Gasteiger partial charge in [0.25, 0.3) is 5.91 Å².